The van der Waals surface area contributed by atoms with E-state index in [0.717, 1.165) is 0 Å². The van der Waals surface area contributed by atoms with Crippen molar-refractivity contribution in [1.82, 2.24) is 14.6 Å². The first-order chi connectivity index (χ1) is 14.2. The Labute approximate surface area is 172 Å². The molecule has 0 unspecified atom stereocenters. The van der Waals surface area contributed by atoms with Crippen LogP contribution in [0.2, 0.25) is 0 Å². The van der Waals surface area contributed by atoms with E-state index in [1.54, 1.807) is 6.07 Å². The van der Waals surface area contributed by atoms with Crippen LogP contribution in [0.15, 0.2) is 18.5 Å². The molecule has 2 aromatic rings. The lowest BCUT2D eigenvalue weighted by Crippen LogP contribution is -2.41. The maximum atomic E-state index is 12.1. The van der Waals surface area contributed by atoms with Crippen LogP contribution in [0, 0.1) is 17.2 Å². The molecule has 1 saturated heterocycles. The molecule has 0 spiro atoms. The Morgan fingerprint density at radius 1 is 1.43 bits per heavy atom. The Bertz CT molecular complexity index is 999. The van der Waals surface area contributed by atoms with Crippen LogP contribution in [0.3, 0.4) is 0 Å². The summed E-state index contributed by atoms with van der Waals surface area (Å²) in [5, 5.41) is 37.7. The van der Waals surface area contributed by atoms with Gasteiger partial charge in [0.15, 0.2) is 5.82 Å². The summed E-state index contributed by atoms with van der Waals surface area (Å²) in [7, 11) is 0. The van der Waals surface area contributed by atoms with Crippen molar-refractivity contribution in [2.24, 2.45) is 5.92 Å². The maximum absolute atomic E-state index is 12.1. The molecular weight excluding hydrogens is 394 g/mol. The topological polar surface area (TPSA) is 159 Å². The third-order valence-electron chi connectivity index (χ3n) is 4.76. The predicted octanol–water partition coefficient (Wildman–Crippen LogP) is 0.116. The van der Waals surface area contributed by atoms with E-state index in [2.05, 4.69) is 15.4 Å². The quantitative estimate of drug-likeness (QED) is 0.555. The van der Waals surface area contributed by atoms with Crippen molar-refractivity contribution in [3.63, 3.8) is 0 Å². The summed E-state index contributed by atoms with van der Waals surface area (Å²) in [4.78, 5) is 27.3. The van der Waals surface area contributed by atoms with E-state index in [0.29, 0.717) is 11.9 Å². The number of rotatable bonds is 6. The molecule has 0 radical (unpaired) electrons. The average molecular weight is 417 g/mol. The van der Waals surface area contributed by atoms with Gasteiger partial charge in [-0.25, -0.2) is 9.50 Å². The highest BCUT2D eigenvalue weighted by atomic mass is 16.6. The highest BCUT2D eigenvalue weighted by Gasteiger charge is 2.57. The van der Waals surface area contributed by atoms with Crippen LogP contribution < -0.4 is 5.32 Å². The summed E-state index contributed by atoms with van der Waals surface area (Å²) in [5.41, 5.74) is -1.45. The second kappa shape index (κ2) is 8.35. The lowest BCUT2D eigenvalue weighted by atomic mass is 9.92. The van der Waals surface area contributed by atoms with Gasteiger partial charge in [0.2, 0.25) is 11.5 Å². The molecule has 0 saturated carbocycles. The number of carbonyl (C=O) groups excluding carboxylic acids is 2. The number of aromatic nitrogens is 3. The highest BCUT2D eigenvalue weighted by molar-refractivity contribution is 5.93. The van der Waals surface area contributed by atoms with Crippen LogP contribution >= 0.6 is 0 Å². The molecule has 0 aliphatic carbocycles. The van der Waals surface area contributed by atoms with Gasteiger partial charge in [-0.3, -0.25) is 9.59 Å². The van der Waals surface area contributed by atoms with Gasteiger partial charge >= 0.3 is 5.97 Å². The van der Waals surface area contributed by atoms with Crippen LogP contribution in [-0.2, 0) is 24.7 Å². The molecule has 1 amide bonds. The summed E-state index contributed by atoms with van der Waals surface area (Å²) in [6.45, 7) is 4.70. The van der Waals surface area contributed by atoms with Gasteiger partial charge in [0.05, 0.1) is 5.69 Å². The van der Waals surface area contributed by atoms with Gasteiger partial charge in [0, 0.05) is 13.3 Å². The SMILES string of the molecule is CC(=O)OC[C@H]1O[C@@](C#N)(c2ccc3c(NC(=O)CC(C)C)ncnn23)[C@H](O)[C@@H]1O. The molecule has 2 aromatic heterocycles. The molecule has 11 nitrogen and oxygen atoms in total. The molecule has 30 heavy (non-hydrogen) atoms. The molecule has 1 aliphatic heterocycles. The van der Waals surface area contributed by atoms with Crippen LogP contribution in [-0.4, -0.2) is 61.6 Å². The van der Waals surface area contributed by atoms with E-state index in [4.69, 9.17) is 9.47 Å². The fraction of sp³-hybridized carbons (Fsp3) is 0.526. The second-order valence-electron chi connectivity index (χ2n) is 7.51. The predicted molar refractivity (Wildman–Crippen MR) is 102 cm³/mol. The van der Waals surface area contributed by atoms with Crippen molar-refractivity contribution >= 4 is 23.2 Å². The standard InChI is InChI=1S/C19H23N5O6/c1-10(2)6-15(26)23-18-12-4-5-14(24(12)22-9-21-18)19(8-20)17(28)16(27)13(30-19)7-29-11(3)25/h4-5,9-10,13,16-17,27-28H,6-7H2,1-3H3,(H,21,22,23,26)/t13-,16-,17-,19+/m1/s1. The van der Waals surface area contributed by atoms with Crippen LogP contribution in [0.25, 0.3) is 5.52 Å². The molecule has 3 rings (SSSR count). The molecule has 11 heteroatoms. The van der Waals surface area contributed by atoms with E-state index in [1.807, 2.05) is 19.9 Å². The molecule has 0 bridgehead atoms. The van der Waals surface area contributed by atoms with Crippen LogP contribution in [0.4, 0.5) is 5.82 Å². The minimum atomic E-state index is -1.97. The molecule has 160 valence electrons. The fourth-order valence-electron chi connectivity index (χ4n) is 3.38. The summed E-state index contributed by atoms with van der Waals surface area (Å²) in [6.07, 6.45) is -2.71. The number of aliphatic hydroxyl groups excluding tert-OH is 2. The number of hydrogen-bond acceptors (Lipinski definition) is 9. The van der Waals surface area contributed by atoms with Gasteiger partial charge in [-0.2, -0.15) is 10.4 Å². The normalized spacial score (nSPS) is 26.0. The Morgan fingerprint density at radius 2 is 2.17 bits per heavy atom. The number of nitrogens with zero attached hydrogens (tertiary/aromatic N) is 4. The Hall–Kier alpha value is -3.07. The van der Waals surface area contributed by atoms with Crippen molar-refractivity contribution in [3.05, 3.63) is 24.2 Å². The lowest BCUT2D eigenvalue weighted by molar-refractivity contribution is -0.148. The first-order valence-corrected chi connectivity index (χ1v) is 9.41. The molecule has 3 heterocycles. The zero-order valence-electron chi connectivity index (χ0n) is 16.8. The third-order valence-corrected chi connectivity index (χ3v) is 4.76. The summed E-state index contributed by atoms with van der Waals surface area (Å²) in [5.74, 6) is -0.418. The van der Waals surface area contributed by atoms with E-state index < -0.39 is 29.9 Å². The number of hydrogen-bond donors (Lipinski definition) is 3. The van der Waals surface area contributed by atoms with Crippen molar-refractivity contribution in [1.29, 1.82) is 5.26 Å². The number of ether oxygens (including phenoxy) is 2. The summed E-state index contributed by atoms with van der Waals surface area (Å²) < 4.78 is 11.9. The van der Waals surface area contributed by atoms with Gasteiger partial charge in [0.1, 0.15) is 42.8 Å². The Kier molecular flexibility index (Phi) is 6.02. The van der Waals surface area contributed by atoms with Gasteiger partial charge < -0.3 is 25.0 Å². The lowest BCUT2D eigenvalue weighted by Gasteiger charge is -2.24. The number of carbonyl (C=O) groups is 2. The number of fused-ring (bicyclic) bond motifs is 1. The Morgan fingerprint density at radius 3 is 2.80 bits per heavy atom. The van der Waals surface area contributed by atoms with Crippen molar-refractivity contribution < 1.29 is 29.3 Å². The number of esters is 1. The highest BCUT2D eigenvalue weighted by Crippen LogP contribution is 2.40. The molecular formula is C19H23N5O6. The second-order valence-corrected chi connectivity index (χ2v) is 7.51. The number of aliphatic hydroxyl groups is 2. The maximum Gasteiger partial charge on any atom is 0.302 e. The minimum Gasteiger partial charge on any atom is -0.463 e. The molecule has 3 N–H and O–H groups in total. The largest absolute Gasteiger partial charge is 0.463 e. The van der Waals surface area contributed by atoms with Crippen molar-refractivity contribution in [3.8, 4) is 6.07 Å². The number of anilines is 1. The van der Waals surface area contributed by atoms with E-state index in [9.17, 15) is 25.1 Å². The van der Waals surface area contributed by atoms with Crippen molar-refractivity contribution in [2.45, 2.75) is 51.1 Å². The fourth-order valence-corrected chi connectivity index (χ4v) is 3.38. The van der Waals surface area contributed by atoms with Gasteiger partial charge in [0.25, 0.3) is 0 Å². The van der Waals surface area contributed by atoms with Crippen LogP contribution in [0.1, 0.15) is 32.9 Å². The number of amides is 1. The van der Waals surface area contributed by atoms with Crippen LogP contribution in [0.5, 0.6) is 0 Å². The van der Waals surface area contributed by atoms with Gasteiger partial charge in [-0.15, -0.1) is 0 Å². The monoisotopic (exact) mass is 417 g/mol. The number of nitrogens with one attached hydrogen (secondary N) is 1. The molecule has 1 fully saturated rings. The van der Waals surface area contributed by atoms with E-state index in [1.165, 1.54) is 23.8 Å². The smallest absolute Gasteiger partial charge is 0.302 e. The average Bonchev–Trinajstić information content (AvgIpc) is 3.21. The third kappa shape index (κ3) is 3.85. The first-order valence-electron chi connectivity index (χ1n) is 9.41. The number of nitriles is 1. The molecule has 4 atom stereocenters. The van der Waals surface area contributed by atoms with Crippen molar-refractivity contribution in [2.75, 3.05) is 11.9 Å². The minimum absolute atomic E-state index is 0.138. The van der Waals surface area contributed by atoms with E-state index in [-0.39, 0.29) is 29.9 Å². The summed E-state index contributed by atoms with van der Waals surface area (Å²) in [6, 6.07) is 4.98. The van der Waals surface area contributed by atoms with E-state index >= 15 is 0 Å². The zero-order chi connectivity index (χ0) is 22.1. The molecule has 1 aliphatic rings. The zero-order valence-corrected chi connectivity index (χ0v) is 16.8. The molecule has 0 aromatic carbocycles. The summed E-state index contributed by atoms with van der Waals surface area (Å²) >= 11 is 0. The van der Waals surface area contributed by atoms with Gasteiger partial charge in [-0.05, 0) is 18.1 Å². The first kappa shape index (κ1) is 21.6. The van der Waals surface area contributed by atoms with Gasteiger partial charge in [-0.1, -0.05) is 13.8 Å². The Balaban J connectivity index is 1.97.